The minimum atomic E-state index is -3.53. The molecule has 18 heavy (non-hydrogen) atoms. The topological polar surface area (TPSA) is 80.5 Å². The lowest BCUT2D eigenvalue weighted by molar-refractivity contribution is 0.101. The second kappa shape index (κ2) is 4.79. The first-order valence-corrected chi connectivity index (χ1v) is 7.22. The molecule has 2 rings (SSSR count). The number of rotatable bonds is 3. The molecule has 6 heteroatoms. The van der Waals surface area contributed by atoms with Crippen LogP contribution < -0.4 is 5.73 Å². The van der Waals surface area contributed by atoms with Crippen LogP contribution in [-0.4, -0.2) is 37.6 Å². The molecule has 1 aromatic rings. The summed E-state index contributed by atoms with van der Waals surface area (Å²) in [6.07, 6.45) is 0.672. The van der Waals surface area contributed by atoms with Crippen LogP contribution in [0.2, 0.25) is 0 Å². The fraction of sp³-hybridized carbons (Fsp3) is 0.417. The van der Waals surface area contributed by atoms with Crippen LogP contribution in [0.1, 0.15) is 23.7 Å². The van der Waals surface area contributed by atoms with Gasteiger partial charge in [0.2, 0.25) is 10.0 Å². The van der Waals surface area contributed by atoms with E-state index >= 15 is 0 Å². The van der Waals surface area contributed by atoms with Crippen LogP contribution in [-0.2, 0) is 10.0 Å². The third-order valence-electron chi connectivity index (χ3n) is 3.07. The minimum absolute atomic E-state index is 0.101. The van der Waals surface area contributed by atoms with Crippen molar-refractivity contribution >= 4 is 15.8 Å². The van der Waals surface area contributed by atoms with Crippen LogP contribution in [0.3, 0.4) is 0 Å². The van der Waals surface area contributed by atoms with Gasteiger partial charge in [-0.15, -0.1) is 0 Å². The molecule has 0 saturated carbocycles. The lowest BCUT2D eigenvalue weighted by atomic mass is 10.2. The molecule has 1 heterocycles. The van der Waals surface area contributed by atoms with Crippen molar-refractivity contribution in [2.45, 2.75) is 24.3 Å². The van der Waals surface area contributed by atoms with Gasteiger partial charge in [-0.1, -0.05) is 12.1 Å². The number of ketones is 1. The summed E-state index contributed by atoms with van der Waals surface area (Å²) >= 11 is 0. The number of carbonyl (C=O) groups is 1. The van der Waals surface area contributed by atoms with Crippen LogP contribution in [0.5, 0.6) is 0 Å². The zero-order chi connectivity index (χ0) is 13.3. The van der Waals surface area contributed by atoms with Gasteiger partial charge in [-0.25, -0.2) is 8.42 Å². The third kappa shape index (κ3) is 2.45. The zero-order valence-corrected chi connectivity index (χ0v) is 11.0. The number of sulfonamides is 1. The molecular formula is C12H16N2O3S. The van der Waals surface area contributed by atoms with Gasteiger partial charge in [0.05, 0.1) is 4.90 Å². The van der Waals surface area contributed by atoms with Crippen molar-refractivity contribution in [1.29, 1.82) is 0 Å². The molecule has 1 aromatic carbocycles. The lowest BCUT2D eigenvalue weighted by Crippen LogP contribution is -2.32. The summed E-state index contributed by atoms with van der Waals surface area (Å²) in [6, 6.07) is 6.01. The van der Waals surface area contributed by atoms with E-state index in [1.165, 1.54) is 23.4 Å². The third-order valence-corrected chi connectivity index (χ3v) is 4.93. The molecule has 0 radical (unpaired) electrons. The van der Waals surface area contributed by atoms with Crippen molar-refractivity contribution in [3.8, 4) is 0 Å². The van der Waals surface area contributed by atoms with Crippen molar-refractivity contribution in [3.63, 3.8) is 0 Å². The average Bonchev–Trinajstić information content (AvgIpc) is 2.77. The highest BCUT2D eigenvalue weighted by atomic mass is 32.2. The summed E-state index contributed by atoms with van der Waals surface area (Å²) < 4.78 is 26.0. The summed E-state index contributed by atoms with van der Waals surface area (Å²) in [5, 5.41) is 0. The normalized spacial score (nSPS) is 21.1. The number of carbonyl (C=O) groups excluding carboxylic acids is 1. The number of nitrogens with zero attached hydrogens (tertiary/aromatic N) is 1. The highest BCUT2D eigenvalue weighted by Gasteiger charge is 2.31. The van der Waals surface area contributed by atoms with E-state index in [4.69, 9.17) is 5.73 Å². The first-order valence-electron chi connectivity index (χ1n) is 5.78. The fourth-order valence-corrected chi connectivity index (χ4v) is 3.55. The van der Waals surface area contributed by atoms with E-state index < -0.39 is 10.0 Å². The van der Waals surface area contributed by atoms with Gasteiger partial charge < -0.3 is 5.73 Å². The highest BCUT2D eigenvalue weighted by molar-refractivity contribution is 7.89. The van der Waals surface area contributed by atoms with E-state index in [1.54, 1.807) is 12.1 Å². The molecule has 1 unspecified atom stereocenters. The lowest BCUT2D eigenvalue weighted by Gasteiger charge is -2.16. The summed E-state index contributed by atoms with van der Waals surface area (Å²) in [6.45, 7) is 2.19. The Morgan fingerprint density at radius 3 is 2.72 bits per heavy atom. The molecule has 0 amide bonds. The van der Waals surface area contributed by atoms with Crippen LogP contribution >= 0.6 is 0 Å². The maximum Gasteiger partial charge on any atom is 0.243 e. The van der Waals surface area contributed by atoms with Gasteiger partial charge >= 0.3 is 0 Å². The Kier molecular flexibility index (Phi) is 3.52. The molecule has 98 valence electrons. The Bertz CT molecular complexity index is 568. The van der Waals surface area contributed by atoms with Gasteiger partial charge in [0, 0.05) is 24.7 Å². The maximum atomic E-state index is 12.3. The minimum Gasteiger partial charge on any atom is -0.326 e. The summed E-state index contributed by atoms with van der Waals surface area (Å²) in [4.78, 5) is 11.4. The van der Waals surface area contributed by atoms with E-state index in [0.29, 0.717) is 25.1 Å². The Morgan fingerprint density at radius 2 is 2.17 bits per heavy atom. The summed E-state index contributed by atoms with van der Waals surface area (Å²) in [7, 11) is -3.53. The monoisotopic (exact) mass is 268 g/mol. The molecule has 0 bridgehead atoms. The largest absolute Gasteiger partial charge is 0.326 e. The average molecular weight is 268 g/mol. The van der Waals surface area contributed by atoms with E-state index in [1.807, 2.05) is 0 Å². The van der Waals surface area contributed by atoms with Crippen molar-refractivity contribution < 1.29 is 13.2 Å². The predicted octanol–water partition coefficient (Wildman–Crippen LogP) is 0.611. The molecule has 1 saturated heterocycles. The van der Waals surface area contributed by atoms with E-state index in [0.717, 1.165) is 0 Å². The number of benzene rings is 1. The quantitative estimate of drug-likeness (QED) is 0.814. The fourth-order valence-electron chi connectivity index (χ4n) is 2.00. The van der Waals surface area contributed by atoms with Crippen molar-refractivity contribution in [2.24, 2.45) is 5.73 Å². The van der Waals surface area contributed by atoms with Crippen molar-refractivity contribution in [1.82, 2.24) is 4.31 Å². The molecule has 1 atom stereocenters. The van der Waals surface area contributed by atoms with Crippen LogP contribution in [0.25, 0.3) is 0 Å². The Labute approximate surface area is 107 Å². The van der Waals surface area contributed by atoms with Gasteiger partial charge in [-0.2, -0.15) is 4.31 Å². The van der Waals surface area contributed by atoms with Crippen molar-refractivity contribution in [2.75, 3.05) is 13.1 Å². The van der Waals surface area contributed by atoms with Gasteiger partial charge in [-0.3, -0.25) is 4.79 Å². The molecule has 1 fully saturated rings. The Morgan fingerprint density at radius 1 is 1.44 bits per heavy atom. The molecule has 5 nitrogen and oxygen atoms in total. The summed E-state index contributed by atoms with van der Waals surface area (Å²) in [5.74, 6) is -0.148. The number of hydrogen-bond donors (Lipinski definition) is 1. The van der Waals surface area contributed by atoms with Crippen LogP contribution in [0.15, 0.2) is 29.2 Å². The maximum absolute atomic E-state index is 12.3. The molecule has 1 aliphatic heterocycles. The van der Waals surface area contributed by atoms with Crippen molar-refractivity contribution in [3.05, 3.63) is 29.8 Å². The molecule has 2 N–H and O–H groups in total. The smallest absolute Gasteiger partial charge is 0.243 e. The second-order valence-electron chi connectivity index (χ2n) is 4.50. The van der Waals surface area contributed by atoms with E-state index in [9.17, 15) is 13.2 Å². The predicted molar refractivity (Wildman–Crippen MR) is 67.8 cm³/mol. The highest BCUT2D eigenvalue weighted by Crippen LogP contribution is 2.21. The summed E-state index contributed by atoms with van der Waals surface area (Å²) in [5.41, 5.74) is 6.12. The molecular weight excluding hydrogens is 252 g/mol. The standard InChI is InChI=1S/C12H16N2O3S/c1-9(15)10-3-2-4-12(7-10)18(16,17)14-6-5-11(13)8-14/h2-4,7,11H,5-6,8,13H2,1H3. The second-order valence-corrected chi connectivity index (χ2v) is 6.43. The van der Waals surface area contributed by atoms with Crippen LogP contribution in [0, 0.1) is 0 Å². The van der Waals surface area contributed by atoms with Gasteiger partial charge in [0.1, 0.15) is 0 Å². The molecule has 0 spiro atoms. The zero-order valence-electron chi connectivity index (χ0n) is 10.2. The number of Topliss-reactive ketones (excluding diaryl/α,β-unsaturated/α-hetero) is 1. The molecule has 1 aliphatic rings. The first-order chi connectivity index (χ1) is 8.41. The van der Waals surface area contributed by atoms with Crippen LogP contribution in [0.4, 0.5) is 0 Å². The molecule has 0 aliphatic carbocycles. The van der Waals surface area contributed by atoms with Gasteiger partial charge in [-0.05, 0) is 25.5 Å². The SMILES string of the molecule is CC(=O)c1cccc(S(=O)(=O)N2CCC(N)C2)c1. The van der Waals surface area contributed by atoms with Gasteiger partial charge in [0.15, 0.2) is 5.78 Å². The molecule has 0 aromatic heterocycles. The first kappa shape index (κ1) is 13.2. The van der Waals surface area contributed by atoms with E-state index in [-0.39, 0.29) is 16.7 Å². The van der Waals surface area contributed by atoms with Gasteiger partial charge in [0.25, 0.3) is 0 Å². The number of hydrogen-bond acceptors (Lipinski definition) is 4. The number of nitrogens with two attached hydrogens (primary N) is 1. The Hall–Kier alpha value is -1.24. The van der Waals surface area contributed by atoms with E-state index in [2.05, 4.69) is 0 Å². The Balaban J connectivity index is 2.35.